The van der Waals surface area contributed by atoms with Gasteiger partial charge in [0.15, 0.2) is 0 Å². The third-order valence-corrected chi connectivity index (χ3v) is 3.64. The van der Waals surface area contributed by atoms with Gasteiger partial charge in [0.25, 0.3) is 0 Å². The SMILES string of the molecule is CNC(Cc1ccc(Cl)c(Cl)c1)c1cncc(F)c1. The van der Waals surface area contributed by atoms with Crippen molar-refractivity contribution in [2.45, 2.75) is 12.5 Å². The van der Waals surface area contributed by atoms with Gasteiger partial charge in [-0.1, -0.05) is 29.3 Å². The lowest BCUT2D eigenvalue weighted by Gasteiger charge is -2.16. The minimum atomic E-state index is -0.341. The van der Waals surface area contributed by atoms with Crippen molar-refractivity contribution in [1.29, 1.82) is 0 Å². The fraction of sp³-hybridized carbons (Fsp3) is 0.214. The van der Waals surface area contributed by atoms with E-state index in [1.165, 1.54) is 12.3 Å². The number of benzene rings is 1. The molecule has 2 nitrogen and oxygen atoms in total. The molecule has 0 fully saturated rings. The maximum Gasteiger partial charge on any atom is 0.141 e. The van der Waals surface area contributed by atoms with Crippen molar-refractivity contribution < 1.29 is 4.39 Å². The van der Waals surface area contributed by atoms with Crippen molar-refractivity contribution in [1.82, 2.24) is 10.3 Å². The van der Waals surface area contributed by atoms with Crippen LogP contribution < -0.4 is 5.32 Å². The Morgan fingerprint density at radius 2 is 2.00 bits per heavy atom. The zero-order valence-electron chi connectivity index (χ0n) is 10.3. The molecule has 5 heteroatoms. The highest BCUT2D eigenvalue weighted by Crippen LogP contribution is 2.25. The summed E-state index contributed by atoms with van der Waals surface area (Å²) < 4.78 is 13.2. The predicted molar refractivity (Wildman–Crippen MR) is 76.2 cm³/mol. The molecule has 100 valence electrons. The fourth-order valence-corrected chi connectivity index (χ4v) is 2.23. The number of likely N-dealkylation sites (N-methyl/N-ethyl adjacent to an activating group) is 1. The predicted octanol–water partition coefficient (Wildman–Crippen LogP) is 4.03. The largest absolute Gasteiger partial charge is 0.313 e. The molecule has 0 amide bonds. The van der Waals surface area contributed by atoms with E-state index >= 15 is 0 Å². The number of nitrogens with zero attached hydrogens (tertiary/aromatic N) is 1. The third-order valence-electron chi connectivity index (χ3n) is 2.90. The maximum absolute atomic E-state index is 13.2. The van der Waals surface area contributed by atoms with E-state index in [9.17, 15) is 4.39 Å². The molecular formula is C14H13Cl2FN2. The number of hydrogen-bond acceptors (Lipinski definition) is 2. The van der Waals surface area contributed by atoms with E-state index in [1.807, 2.05) is 19.2 Å². The number of nitrogens with one attached hydrogen (secondary N) is 1. The van der Waals surface area contributed by atoms with Gasteiger partial charge in [-0.05, 0) is 42.8 Å². The van der Waals surface area contributed by atoms with Crippen LogP contribution in [0.4, 0.5) is 4.39 Å². The molecule has 1 N–H and O–H groups in total. The first-order chi connectivity index (χ1) is 9.10. The molecule has 0 radical (unpaired) electrons. The Bertz CT molecular complexity index is 575. The van der Waals surface area contributed by atoms with Crippen LogP contribution in [0.2, 0.25) is 10.0 Å². The normalized spacial score (nSPS) is 12.4. The third kappa shape index (κ3) is 3.66. The van der Waals surface area contributed by atoms with Crippen molar-refractivity contribution >= 4 is 23.2 Å². The van der Waals surface area contributed by atoms with Gasteiger partial charge in [0.1, 0.15) is 5.82 Å². The summed E-state index contributed by atoms with van der Waals surface area (Å²) in [5.41, 5.74) is 1.83. The minimum Gasteiger partial charge on any atom is -0.313 e. The molecule has 2 aromatic rings. The van der Waals surface area contributed by atoms with Crippen molar-refractivity contribution in [3.05, 3.63) is 63.6 Å². The summed E-state index contributed by atoms with van der Waals surface area (Å²) in [4.78, 5) is 3.86. The van der Waals surface area contributed by atoms with Crippen LogP contribution in [-0.2, 0) is 6.42 Å². The lowest BCUT2D eigenvalue weighted by molar-refractivity contribution is 0.572. The second-order valence-corrected chi connectivity index (χ2v) is 5.04. The van der Waals surface area contributed by atoms with Crippen LogP contribution in [0, 0.1) is 5.82 Å². The Labute approximate surface area is 121 Å². The molecule has 0 bridgehead atoms. The topological polar surface area (TPSA) is 24.9 Å². The van der Waals surface area contributed by atoms with Crippen molar-refractivity contribution in [3.8, 4) is 0 Å². The minimum absolute atomic E-state index is 0.0274. The molecular weight excluding hydrogens is 286 g/mol. The van der Waals surface area contributed by atoms with Crippen LogP contribution in [-0.4, -0.2) is 12.0 Å². The van der Waals surface area contributed by atoms with E-state index in [0.29, 0.717) is 16.5 Å². The summed E-state index contributed by atoms with van der Waals surface area (Å²) in [5, 5.41) is 4.19. The van der Waals surface area contributed by atoms with Gasteiger partial charge in [-0.2, -0.15) is 0 Å². The van der Waals surface area contributed by atoms with Crippen molar-refractivity contribution in [3.63, 3.8) is 0 Å². The van der Waals surface area contributed by atoms with Crippen LogP contribution in [0.1, 0.15) is 17.2 Å². The number of hydrogen-bond donors (Lipinski definition) is 1. The highest BCUT2D eigenvalue weighted by Gasteiger charge is 2.12. The van der Waals surface area contributed by atoms with Crippen molar-refractivity contribution in [2.24, 2.45) is 0 Å². The van der Waals surface area contributed by atoms with Gasteiger partial charge in [0.05, 0.1) is 16.2 Å². The molecule has 0 aliphatic heterocycles. The molecule has 1 atom stereocenters. The van der Waals surface area contributed by atoms with Gasteiger partial charge in [-0.15, -0.1) is 0 Å². The monoisotopic (exact) mass is 298 g/mol. The quantitative estimate of drug-likeness (QED) is 0.922. The lowest BCUT2D eigenvalue weighted by Crippen LogP contribution is -2.19. The first kappa shape index (κ1) is 14.3. The molecule has 19 heavy (non-hydrogen) atoms. The summed E-state index contributed by atoms with van der Waals surface area (Å²) in [7, 11) is 1.83. The fourth-order valence-electron chi connectivity index (χ4n) is 1.91. The van der Waals surface area contributed by atoms with Gasteiger partial charge in [-0.25, -0.2) is 4.39 Å². The lowest BCUT2D eigenvalue weighted by atomic mass is 10.0. The molecule has 0 aliphatic rings. The van der Waals surface area contributed by atoms with Crippen molar-refractivity contribution in [2.75, 3.05) is 7.05 Å². The zero-order valence-corrected chi connectivity index (χ0v) is 11.8. The molecule has 0 aliphatic carbocycles. The van der Waals surface area contributed by atoms with Crippen LogP contribution in [0.5, 0.6) is 0 Å². The molecule has 2 rings (SSSR count). The average molecular weight is 299 g/mol. The van der Waals surface area contributed by atoms with Gasteiger partial charge in [-0.3, -0.25) is 4.98 Å². The van der Waals surface area contributed by atoms with E-state index in [4.69, 9.17) is 23.2 Å². The van der Waals surface area contributed by atoms with Crippen LogP contribution in [0.3, 0.4) is 0 Å². The standard InChI is InChI=1S/C14H13Cl2FN2/c1-18-14(10-6-11(17)8-19-7-10)5-9-2-3-12(15)13(16)4-9/h2-4,6-8,14,18H,5H2,1H3. The molecule has 0 saturated carbocycles. The first-order valence-corrected chi connectivity index (χ1v) is 6.57. The molecule has 0 saturated heterocycles. The van der Waals surface area contributed by atoms with E-state index in [1.54, 1.807) is 12.3 Å². The number of halogens is 3. The Kier molecular flexibility index (Phi) is 4.75. The Hall–Kier alpha value is -1.16. The van der Waals surface area contributed by atoms with Gasteiger partial charge in [0.2, 0.25) is 0 Å². The van der Waals surface area contributed by atoms with E-state index in [2.05, 4.69) is 10.3 Å². The highest BCUT2D eigenvalue weighted by atomic mass is 35.5. The second-order valence-electron chi connectivity index (χ2n) is 4.23. The summed E-state index contributed by atoms with van der Waals surface area (Å²) in [6.45, 7) is 0. The summed E-state index contributed by atoms with van der Waals surface area (Å²) >= 11 is 11.9. The Balaban J connectivity index is 2.21. The van der Waals surface area contributed by atoms with Crippen LogP contribution in [0.15, 0.2) is 36.7 Å². The Morgan fingerprint density at radius 3 is 2.63 bits per heavy atom. The van der Waals surface area contributed by atoms with Gasteiger partial charge in [0, 0.05) is 12.2 Å². The molecule has 1 heterocycles. The molecule has 0 spiro atoms. The number of rotatable bonds is 4. The average Bonchev–Trinajstić information content (AvgIpc) is 2.40. The maximum atomic E-state index is 13.2. The van der Waals surface area contributed by atoms with E-state index < -0.39 is 0 Å². The number of pyridine rings is 1. The van der Waals surface area contributed by atoms with Crippen LogP contribution >= 0.6 is 23.2 Å². The molecule has 1 unspecified atom stereocenters. The summed E-state index contributed by atoms with van der Waals surface area (Å²) in [5.74, 6) is -0.341. The summed E-state index contributed by atoms with van der Waals surface area (Å²) in [6, 6.07) is 6.94. The van der Waals surface area contributed by atoms with E-state index in [0.717, 1.165) is 11.1 Å². The summed E-state index contributed by atoms with van der Waals surface area (Å²) in [6.07, 6.45) is 3.52. The highest BCUT2D eigenvalue weighted by molar-refractivity contribution is 6.42. The van der Waals surface area contributed by atoms with Crippen LogP contribution in [0.25, 0.3) is 0 Å². The van der Waals surface area contributed by atoms with Gasteiger partial charge >= 0.3 is 0 Å². The molecule has 1 aromatic carbocycles. The second kappa shape index (κ2) is 6.33. The van der Waals surface area contributed by atoms with E-state index in [-0.39, 0.29) is 11.9 Å². The Morgan fingerprint density at radius 1 is 1.21 bits per heavy atom. The first-order valence-electron chi connectivity index (χ1n) is 5.82. The number of aromatic nitrogens is 1. The molecule has 1 aromatic heterocycles. The van der Waals surface area contributed by atoms with Gasteiger partial charge < -0.3 is 5.32 Å². The zero-order chi connectivity index (χ0) is 13.8. The smallest absolute Gasteiger partial charge is 0.141 e.